The Bertz CT molecular complexity index is 52.6. The molecule has 1 aliphatic rings. The van der Waals surface area contributed by atoms with Gasteiger partial charge < -0.3 is 10.2 Å². The van der Waals surface area contributed by atoms with Crippen LogP contribution in [-0.2, 0) is 9.78 Å². The molecule has 2 N–H and O–H groups in total. The Kier molecular flexibility index (Phi) is 0.611. The van der Waals surface area contributed by atoms with E-state index in [9.17, 15) is 0 Å². The van der Waals surface area contributed by atoms with Crippen molar-refractivity contribution in [2.24, 2.45) is 0 Å². The fraction of sp³-hybridized carbons (Fsp3) is 1.00. The highest BCUT2D eigenvalue weighted by atomic mass is 17.3. The molecule has 1 saturated heterocycles. The molecule has 1 fully saturated rings. The van der Waals surface area contributed by atoms with Crippen LogP contribution in [0.4, 0.5) is 0 Å². The first-order chi connectivity index (χ1) is 2.71. The van der Waals surface area contributed by atoms with Crippen molar-refractivity contribution in [1.82, 2.24) is 0 Å². The average molecular weight is 92.0 g/mol. The van der Waals surface area contributed by atoms with Crippen molar-refractivity contribution < 1.29 is 20.0 Å². The Balaban J connectivity index is 2.31. The van der Waals surface area contributed by atoms with Crippen molar-refractivity contribution in [2.45, 2.75) is 5.97 Å². The number of rotatable bonds is 0. The quantitative estimate of drug-likeness (QED) is 0.284. The van der Waals surface area contributed by atoms with Gasteiger partial charge in [0.15, 0.2) is 6.61 Å². The minimum atomic E-state index is -2.00. The Morgan fingerprint density at radius 3 is 1.83 bits per heavy atom. The number of aliphatic hydroxyl groups is 2. The van der Waals surface area contributed by atoms with Gasteiger partial charge in [-0.05, 0) is 0 Å². The predicted molar refractivity (Wildman–Crippen MR) is 14.2 cm³/mol. The fourth-order valence-electron chi connectivity index (χ4n) is 0.164. The van der Waals surface area contributed by atoms with Gasteiger partial charge in [-0.2, -0.15) is 4.89 Å². The molecule has 0 bridgehead atoms. The molecule has 0 aromatic heterocycles. The highest BCUT2D eigenvalue weighted by Crippen LogP contribution is 2.12. The van der Waals surface area contributed by atoms with Crippen molar-refractivity contribution >= 4 is 0 Å². The Hall–Kier alpha value is -0.160. The monoisotopic (exact) mass is 92.0 g/mol. The van der Waals surface area contributed by atoms with Gasteiger partial charge in [0.05, 0.1) is 0 Å². The largest absolute Gasteiger partial charge is 0.340 e. The topological polar surface area (TPSA) is 58.9 Å². The summed E-state index contributed by atoms with van der Waals surface area (Å²) in [5.74, 6) is -2.00. The predicted octanol–water partition coefficient (Wildman–Crippen LogP) is -1.41. The lowest BCUT2D eigenvalue weighted by atomic mass is 10.6. The lowest BCUT2D eigenvalue weighted by molar-refractivity contribution is -0.593. The molecule has 0 saturated carbocycles. The molecule has 0 aromatic rings. The van der Waals surface area contributed by atoms with Crippen molar-refractivity contribution in [3.05, 3.63) is 0 Å². The van der Waals surface area contributed by atoms with E-state index in [0.717, 1.165) is 0 Å². The van der Waals surface area contributed by atoms with Crippen molar-refractivity contribution in [3.8, 4) is 0 Å². The van der Waals surface area contributed by atoms with Crippen LogP contribution in [0.15, 0.2) is 0 Å². The molecular formula is C2H4O4. The summed E-state index contributed by atoms with van der Waals surface area (Å²) in [5, 5.41) is 16.2. The fourth-order valence-corrected chi connectivity index (χ4v) is 0.164. The van der Waals surface area contributed by atoms with Gasteiger partial charge in [-0.15, -0.1) is 0 Å². The first-order valence-corrected chi connectivity index (χ1v) is 1.46. The summed E-state index contributed by atoms with van der Waals surface area (Å²) < 4.78 is 0. The summed E-state index contributed by atoms with van der Waals surface area (Å²) in [5.41, 5.74) is 0. The molecule has 4 heteroatoms. The smallest absolute Gasteiger partial charge is 0.334 e. The zero-order valence-corrected chi connectivity index (χ0v) is 2.92. The van der Waals surface area contributed by atoms with E-state index in [4.69, 9.17) is 10.2 Å². The molecule has 1 aliphatic heterocycles. The zero-order chi connectivity index (χ0) is 4.62. The van der Waals surface area contributed by atoms with Crippen LogP contribution in [0.1, 0.15) is 0 Å². The lowest BCUT2D eigenvalue weighted by Gasteiger charge is -2.27. The standard InChI is InChI=1S/C2H4O4/c3-2(4)1-5-6-2/h3-4H,1H2. The van der Waals surface area contributed by atoms with Gasteiger partial charge in [0.1, 0.15) is 0 Å². The van der Waals surface area contributed by atoms with Crippen LogP contribution in [0, 0.1) is 0 Å². The van der Waals surface area contributed by atoms with E-state index in [2.05, 4.69) is 9.78 Å². The summed E-state index contributed by atoms with van der Waals surface area (Å²) in [6, 6.07) is 0. The Morgan fingerprint density at radius 1 is 1.50 bits per heavy atom. The number of hydrogen-bond acceptors (Lipinski definition) is 4. The molecule has 4 nitrogen and oxygen atoms in total. The van der Waals surface area contributed by atoms with E-state index in [1.165, 1.54) is 0 Å². The Morgan fingerprint density at radius 2 is 1.83 bits per heavy atom. The number of hydrogen-bond donors (Lipinski definition) is 2. The van der Waals surface area contributed by atoms with E-state index in [1.54, 1.807) is 0 Å². The lowest BCUT2D eigenvalue weighted by Crippen LogP contribution is -2.46. The van der Waals surface area contributed by atoms with Gasteiger partial charge in [0, 0.05) is 0 Å². The maximum Gasteiger partial charge on any atom is 0.334 e. The second kappa shape index (κ2) is 0.913. The van der Waals surface area contributed by atoms with Gasteiger partial charge in [0.2, 0.25) is 0 Å². The summed E-state index contributed by atoms with van der Waals surface area (Å²) in [4.78, 5) is 7.67. The van der Waals surface area contributed by atoms with E-state index < -0.39 is 5.97 Å². The molecule has 0 radical (unpaired) electrons. The summed E-state index contributed by atoms with van der Waals surface area (Å²) in [6.07, 6.45) is 0. The van der Waals surface area contributed by atoms with Crippen LogP contribution in [0.2, 0.25) is 0 Å². The third-order valence-electron chi connectivity index (χ3n) is 0.439. The second-order valence-electron chi connectivity index (χ2n) is 1.09. The van der Waals surface area contributed by atoms with Crippen molar-refractivity contribution in [3.63, 3.8) is 0 Å². The molecule has 6 heavy (non-hydrogen) atoms. The van der Waals surface area contributed by atoms with Gasteiger partial charge in [-0.25, -0.2) is 4.89 Å². The first kappa shape index (κ1) is 4.01. The maximum absolute atomic E-state index is 8.12. The average Bonchev–Trinajstić information content (AvgIpc) is 1.32. The van der Waals surface area contributed by atoms with Crippen LogP contribution in [-0.4, -0.2) is 22.8 Å². The Labute approximate surface area is 33.8 Å². The SMILES string of the molecule is OC1(O)COO1. The summed E-state index contributed by atoms with van der Waals surface area (Å²) >= 11 is 0. The van der Waals surface area contributed by atoms with Gasteiger partial charge in [-0.1, -0.05) is 0 Å². The third kappa shape index (κ3) is 0.504. The normalized spacial score (nSPS) is 29.0. The molecule has 0 aliphatic carbocycles. The van der Waals surface area contributed by atoms with Crippen LogP contribution in [0.3, 0.4) is 0 Å². The summed E-state index contributed by atoms with van der Waals surface area (Å²) in [6.45, 7) is -0.160. The second-order valence-corrected chi connectivity index (χ2v) is 1.09. The highest BCUT2D eigenvalue weighted by Gasteiger charge is 2.36. The summed E-state index contributed by atoms with van der Waals surface area (Å²) in [7, 11) is 0. The van der Waals surface area contributed by atoms with E-state index in [-0.39, 0.29) is 6.61 Å². The van der Waals surface area contributed by atoms with Gasteiger partial charge in [-0.3, -0.25) is 0 Å². The van der Waals surface area contributed by atoms with E-state index >= 15 is 0 Å². The maximum atomic E-state index is 8.12. The first-order valence-electron chi connectivity index (χ1n) is 1.46. The molecule has 0 spiro atoms. The zero-order valence-electron chi connectivity index (χ0n) is 2.92. The molecule has 1 heterocycles. The molecular weight excluding hydrogens is 88.0 g/mol. The third-order valence-corrected chi connectivity index (χ3v) is 0.439. The van der Waals surface area contributed by atoms with Crippen LogP contribution >= 0.6 is 0 Å². The van der Waals surface area contributed by atoms with E-state index in [0.29, 0.717) is 0 Å². The van der Waals surface area contributed by atoms with Crippen molar-refractivity contribution in [2.75, 3.05) is 6.61 Å². The highest BCUT2D eigenvalue weighted by molar-refractivity contribution is 4.47. The van der Waals surface area contributed by atoms with Crippen LogP contribution in [0.25, 0.3) is 0 Å². The molecule has 36 valence electrons. The molecule has 0 aromatic carbocycles. The molecule has 0 atom stereocenters. The molecule has 1 rings (SSSR count). The minimum Gasteiger partial charge on any atom is -0.340 e. The van der Waals surface area contributed by atoms with Gasteiger partial charge in [0.25, 0.3) is 0 Å². The van der Waals surface area contributed by atoms with E-state index in [1.807, 2.05) is 0 Å². The minimum absolute atomic E-state index is 0.160. The van der Waals surface area contributed by atoms with Crippen LogP contribution < -0.4 is 0 Å². The molecule has 0 amide bonds. The molecule has 0 unspecified atom stereocenters. The van der Waals surface area contributed by atoms with Crippen molar-refractivity contribution in [1.29, 1.82) is 0 Å². The van der Waals surface area contributed by atoms with Gasteiger partial charge >= 0.3 is 5.97 Å². The van der Waals surface area contributed by atoms with Crippen LogP contribution in [0.5, 0.6) is 0 Å².